The topological polar surface area (TPSA) is 62.3 Å². The van der Waals surface area contributed by atoms with Crippen LogP contribution in [0.4, 0.5) is 15.2 Å². The van der Waals surface area contributed by atoms with Crippen molar-refractivity contribution in [3.8, 4) is 11.3 Å². The summed E-state index contributed by atoms with van der Waals surface area (Å²) in [6.45, 7) is 0.496. The normalized spacial score (nSPS) is 12.5. The maximum absolute atomic E-state index is 14.1. The van der Waals surface area contributed by atoms with Gasteiger partial charge in [0.15, 0.2) is 5.13 Å². The summed E-state index contributed by atoms with van der Waals surface area (Å²) in [7, 11) is 0. The van der Waals surface area contributed by atoms with E-state index in [0.29, 0.717) is 23.7 Å². The summed E-state index contributed by atoms with van der Waals surface area (Å²) in [5.41, 5.74) is 4.08. The first kappa shape index (κ1) is 22.1. The largest absolute Gasteiger partial charge is 0.308 e. The lowest BCUT2D eigenvalue weighted by molar-refractivity contribution is 0.0984. The average Bonchev–Trinajstić information content (AvgIpc) is 3.55. The molecular weight excluding hydrogens is 473 g/mol. The van der Waals surface area contributed by atoms with Gasteiger partial charge in [-0.3, -0.25) is 14.9 Å². The molecule has 6 rings (SSSR count). The quantitative estimate of drug-likeness (QED) is 0.309. The Kier molecular flexibility index (Phi) is 5.54. The van der Waals surface area contributed by atoms with Gasteiger partial charge >= 0.3 is 0 Å². The first-order valence-corrected chi connectivity index (χ1v) is 12.4. The molecule has 1 aromatic heterocycles. The number of thiazole rings is 1. The van der Waals surface area contributed by atoms with E-state index in [2.05, 4.69) is 10.3 Å². The zero-order chi connectivity index (χ0) is 24.6. The Morgan fingerprint density at radius 2 is 1.72 bits per heavy atom. The van der Waals surface area contributed by atoms with Gasteiger partial charge in [-0.2, -0.15) is 0 Å². The lowest BCUT2D eigenvalue weighted by atomic mass is 10.1. The van der Waals surface area contributed by atoms with Gasteiger partial charge in [0.2, 0.25) is 0 Å². The lowest BCUT2D eigenvalue weighted by Crippen LogP contribution is -2.29. The third-order valence-electron chi connectivity index (χ3n) is 6.36. The van der Waals surface area contributed by atoms with Crippen LogP contribution in [0.1, 0.15) is 26.3 Å². The van der Waals surface area contributed by atoms with Crippen molar-refractivity contribution >= 4 is 44.7 Å². The van der Waals surface area contributed by atoms with E-state index in [0.717, 1.165) is 33.3 Å². The van der Waals surface area contributed by atoms with Gasteiger partial charge in [0.05, 0.1) is 11.3 Å². The molecule has 0 unspecified atom stereocenters. The molecule has 2 heterocycles. The van der Waals surface area contributed by atoms with Crippen molar-refractivity contribution < 1.29 is 14.0 Å². The SMILES string of the molecule is O=C(Nc1nc(-c2ccc3c(c2)CCN3C(=O)c2ccccc2F)cs1)c1ccc2ccccc2c1. The fourth-order valence-corrected chi connectivity index (χ4v) is 5.23. The van der Waals surface area contributed by atoms with Gasteiger partial charge in [-0.05, 0) is 59.2 Å². The van der Waals surface area contributed by atoms with Crippen molar-refractivity contribution in [2.75, 3.05) is 16.8 Å². The number of rotatable bonds is 4. The maximum atomic E-state index is 14.1. The van der Waals surface area contributed by atoms with Crippen LogP contribution in [-0.4, -0.2) is 23.3 Å². The second-order valence-corrected chi connectivity index (χ2v) is 9.44. The van der Waals surface area contributed by atoms with E-state index in [-0.39, 0.29) is 17.4 Å². The standard InChI is InChI=1S/C29H20FN3O2S/c30-24-8-4-3-7-23(24)28(35)33-14-13-21-16-20(11-12-26(21)33)25-17-36-29(31-25)32-27(34)22-10-9-18-5-1-2-6-19(18)15-22/h1-12,15-17H,13-14H2,(H,31,32,34). The van der Waals surface area contributed by atoms with Gasteiger partial charge < -0.3 is 4.90 Å². The van der Waals surface area contributed by atoms with E-state index in [4.69, 9.17) is 0 Å². The Morgan fingerprint density at radius 3 is 2.58 bits per heavy atom. The number of nitrogens with one attached hydrogen (secondary N) is 1. The molecule has 0 aliphatic carbocycles. The molecule has 7 heteroatoms. The summed E-state index contributed by atoms with van der Waals surface area (Å²) in [4.78, 5) is 31.9. The number of nitrogens with zero attached hydrogens (tertiary/aromatic N) is 2. The van der Waals surface area contributed by atoms with Gasteiger partial charge in [0.1, 0.15) is 5.82 Å². The Morgan fingerprint density at radius 1 is 0.917 bits per heavy atom. The molecule has 1 aliphatic rings. The van der Waals surface area contributed by atoms with Crippen LogP contribution in [0.15, 0.2) is 90.3 Å². The summed E-state index contributed by atoms with van der Waals surface area (Å²) in [5.74, 6) is -1.07. The number of carbonyl (C=O) groups is 2. The summed E-state index contributed by atoms with van der Waals surface area (Å²) < 4.78 is 14.1. The number of fused-ring (bicyclic) bond motifs is 2. The van der Waals surface area contributed by atoms with Crippen LogP contribution in [0, 0.1) is 5.82 Å². The lowest BCUT2D eigenvalue weighted by Gasteiger charge is -2.18. The number of benzene rings is 4. The molecule has 0 saturated heterocycles. The molecule has 1 N–H and O–H groups in total. The molecule has 5 aromatic rings. The predicted octanol–water partition coefficient (Wildman–Crippen LogP) is 6.56. The zero-order valence-electron chi connectivity index (χ0n) is 19.1. The molecule has 2 amide bonds. The van der Waals surface area contributed by atoms with Gasteiger partial charge in [-0.15, -0.1) is 11.3 Å². The minimum absolute atomic E-state index is 0.0701. The highest BCUT2D eigenvalue weighted by Crippen LogP contribution is 2.34. The Labute approximate surface area is 210 Å². The molecule has 1 aliphatic heterocycles. The first-order valence-electron chi connectivity index (χ1n) is 11.5. The third kappa shape index (κ3) is 4.03. The van der Waals surface area contributed by atoms with Crippen molar-refractivity contribution in [2.45, 2.75) is 6.42 Å². The minimum atomic E-state index is -0.520. The summed E-state index contributed by atoms with van der Waals surface area (Å²) in [6.07, 6.45) is 0.680. The molecule has 176 valence electrons. The van der Waals surface area contributed by atoms with Gasteiger partial charge in [-0.1, -0.05) is 48.5 Å². The maximum Gasteiger partial charge on any atom is 0.261 e. The van der Waals surface area contributed by atoms with Crippen LogP contribution in [0.5, 0.6) is 0 Å². The van der Waals surface area contributed by atoms with Crippen LogP contribution >= 0.6 is 11.3 Å². The van der Waals surface area contributed by atoms with Gasteiger partial charge in [0.25, 0.3) is 11.8 Å². The summed E-state index contributed by atoms with van der Waals surface area (Å²) in [5, 5.41) is 7.39. The van der Waals surface area contributed by atoms with Crippen molar-refractivity contribution in [3.05, 3.63) is 113 Å². The van der Waals surface area contributed by atoms with Gasteiger partial charge in [0, 0.05) is 28.7 Å². The summed E-state index contributed by atoms with van der Waals surface area (Å²) in [6, 6.07) is 25.3. The second-order valence-electron chi connectivity index (χ2n) is 8.58. The molecule has 5 nitrogen and oxygen atoms in total. The van der Waals surface area contributed by atoms with E-state index >= 15 is 0 Å². The molecular formula is C29H20FN3O2S. The number of anilines is 2. The van der Waals surface area contributed by atoms with E-state index in [1.54, 1.807) is 23.1 Å². The molecule has 0 bridgehead atoms. The number of carbonyl (C=O) groups excluding carboxylic acids is 2. The van der Waals surface area contributed by atoms with Crippen molar-refractivity contribution in [2.24, 2.45) is 0 Å². The van der Waals surface area contributed by atoms with Crippen LogP contribution in [-0.2, 0) is 6.42 Å². The molecule has 0 radical (unpaired) electrons. The monoisotopic (exact) mass is 493 g/mol. The molecule has 0 atom stereocenters. The molecule has 0 fully saturated rings. The number of amides is 2. The van der Waals surface area contributed by atoms with E-state index in [1.165, 1.54) is 23.5 Å². The number of halogens is 1. The van der Waals surface area contributed by atoms with Crippen molar-refractivity contribution in [1.29, 1.82) is 0 Å². The van der Waals surface area contributed by atoms with E-state index in [1.807, 2.05) is 60.0 Å². The van der Waals surface area contributed by atoms with Crippen LogP contribution in [0.3, 0.4) is 0 Å². The third-order valence-corrected chi connectivity index (χ3v) is 7.11. The highest BCUT2D eigenvalue weighted by molar-refractivity contribution is 7.14. The Bertz CT molecular complexity index is 1640. The van der Waals surface area contributed by atoms with E-state index < -0.39 is 5.82 Å². The van der Waals surface area contributed by atoms with Crippen molar-refractivity contribution in [1.82, 2.24) is 4.98 Å². The Balaban J connectivity index is 1.20. The highest BCUT2D eigenvalue weighted by Gasteiger charge is 2.27. The summed E-state index contributed by atoms with van der Waals surface area (Å²) >= 11 is 1.36. The number of hydrogen-bond donors (Lipinski definition) is 1. The highest BCUT2D eigenvalue weighted by atomic mass is 32.1. The second kappa shape index (κ2) is 9.02. The first-order chi connectivity index (χ1) is 17.6. The van der Waals surface area contributed by atoms with Crippen LogP contribution < -0.4 is 10.2 Å². The smallest absolute Gasteiger partial charge is 0.261 e. The molecule has 4 aromatic carbocycles. The number of hydrogen-bond acceptors (Lipinski definition) is 4. The fourth-order valence-electron chi connectivity index (χ4n) is 4.52. The zero-order valence-corrected chi connectivity index (χ0v) is 19.9. The molecule has 0 spiro atoms. The minimum Gasteiger partial charge on any atom is -0.308 e. The van der Waals surface area contributed by atoms with Gasteiger partial charge in [-0.25, -0.2) is 9.37 Å². The average molecular weight is 494 g/mol. The fraction of sp³-hybridized carbons (Fsp3) is 0.0690. The Hall–Kier alpha value is -4.36. The van der Waals surface area contributed by atoms with Crippen molar-refractivity contribution in [3.63, 3.8) is 0 Å². The predicted molar refractivity (Wildman–Crippen MR) is 141 cm³/mol. The van der Waals surface area contributed by atoms with Crippen LogP contribution in [0.2, 0.25) is 0 Å². The molecule has 0 saturated carbocycles. The molecule has 36 heavy (non-hydrogen) atoms. The number of aromatic nitrogens is 1. The van der Waals surface area contributed by atoms with E-state index in [9.17, 15) is 14.0 Å². The van der Waals surface area contributed by atoms with Crippen LogP contribution in [0.25, 0.3) is 22.0 Å².